The van der Waals surface area contributed by atoms with Crippen LogP contribution >= 0.6 is 0 Å². The van der Waals surface area contributed by atoms with Crippen LogP contribution in [-0.4, -0.2) is 36.2 Å². The van der Waals surface area contributed by atoms with E-state index in [0.717, 1.165) is 12.8 Å². The number of unbranched alkanes of at least 4 members (excludes halogenated alkanes) is 22. The number of rotatable bonds is 23. The number of halogens is 1. The fourth-order valence-electron chi connectivity index (χ4n) is 3.88. The first-order valence-electron chi connectivity index (χ1n) is 12.5. The van der Waals surface area contributed by atoms with Crippen molar-refractivity contribution in [1.82, 2.24) is 0 Å². The minimum absolute atomic E-state index is 0. The molecule has 0 amide bonds. The fourth-order valence-corrected chi connectivity index (χ4v) is 3.88. The van der Waals surface area contributed by atoms with E-state index in [4.69, 9.17) is 0 Å². The van der Waals surface area contributed by atoms with Crippen LogP contribution in [0.5, 0.6) is 0 Å². The maximum absolute atomic E-state index is 11.9. The molecule has 0 aromatic heterocycles. The van der Waals surface area contributed by atoms with E-state index in [0.29, 0.717) is 0 Å². The summed E-state index contributed by atoms with van der Waals surface area (Å²) in [6.07, 6.45) is 31.9. The molecule has 0 bridgehead atoms. The Bertz CT molecular complexity index is 208. The average Bonchev–Trinajstić information content (AvgIpc) is 2.66. The van der Waals surface area contributed by atoms with Crippen LogP contribution < -0.4 is 0 Å². The molecule has 0 spiro atoms. The maximum atomic E-state index is 11.9. The van der Waals surface area contributed by atoms with Gasteiger partial charge in [-0.3, -0.25) is 4.39 Å². The Kier molecular flexibility index (Phi) is 32.5. The molecule has 0 radical (unpaired) electrons. The van der Waals surface area contributed by atoms with Crippen LogP contribution in [0.1, 0.15) is 155 Å². The van der Waals surface area contributed by atoms with Gasteiger partial charge in [0.2, 0.25) is 0 Å². The first kappa shape index (κ1) is 30.1. The van der Waals surface area contributed by atoms with Gasteiger partial charge in [-0.25, -0.2) is 0 Å². The van der Waals surface area contributed by atoms with E-state index in [-0.39, 0.29) is 36.2 Å². The molecule has 0 aromatic carbocycles. The normalized spacial score (nSPS) is 10.9. The van der Waals surface area contributed by atoms with Crippen molar-refractivity contribution in [2.45, 2.75) is 155 Å². The summed E-state index contributed by atoms with van der Waals surface area (Å²) in [6.45, 7) is 2.17. The van der Waals surface area contributed by atoms with E-state index in [1.165, 1.54) is 135 Å². The molecule has 0 atom stereocenters. The van der Waals surface area contributed by atoms with Crippen molar-refractivity contribution in [2.24, 2.45) is 0 Å². The molecule has 0 aliphatic rings. The summed E-state index contributed by atoms with van der Waals surface area (Å²) >= 11 is 0. The second-order valence-electron chi connectivity index (χ2n) is 8.47. The molecule has 0 fully saturated rings. The van der Waals surface area contributed by atoms with E-state index in [9.17, 15) is 4.39 Å². The summed E-state index contributed by atoms with van der Waals surface area (Å²) in [4.78, 5) is 0. The van der Waals surface area contributed by atoms with Gasteiger partial charge in [-0.05, 0) is 6.42 Å². The van der Waals surface area contributed by atoms with E-state index >= 15 is 0 Å². The van der Waals surface area contributed by atoms with E-state index in [1.807, 2.05) is 0 Å². The Hall–Kier alpha value is 0.930. The molecule has 0 saturated heterocycles. The molecule has 0 aromatic rings. The third kappa shape index (κ3) is 29.2. The van der Waals surface area contributed by atoms with Gasteiger partial charge in [0.15, 0.2) is 0 Å². The molecule has 160 valence electrons. The standard InChI is InChI=1S/C25H51F.Na.H/c1-2-3-4-5-6-7-8-9-10-11-12-13-14-15-16-17-18-19-20-21-22-23-24-25-26;;/h2-25H2,1H3;;. The molecule has 0 unspecified atom stereocenters. The van der Waals surface area contributed by atoms with Gasteiger partial charge in [0.25, 0.3) is 0 Å². The summed E-state index contributed by atoms with van der Waals surface area (Å²) in [5.41, 5.74) is 0. The molecule has 0 aliphatic heterocycles. The van der Waals surface area contributed by atoms with Gasteiger partial charge >= 0.3 is 29.6 Å². The van der Waals surface area contributed by atoms with Gasteiger partial charge in [-0.2, -0.15) is 0 Å². The number of hydrogen-bond acceptors (Lipinski definition) is 0. The van der Waals surface area contributed by atoms with Crippen LogP contribution in [0.2, 0.25) is 0 Å². The zero-order chi connectivity index (χ0) is 19.0. The molecule has 0 aliphatic carbocycles. The fraction of sp³-hybridized carbons (Fsp3) is 1.00. The van der Waals surface area contributed by atoms with Gasteiger partial charge in [0.1, 0.15) is 0 Å². The molecule has 0 nitrogen and oxygen atoms in total. The van der Waals surface area contributed by atoms with Crippen molar-refractivity contribution < 1.29 is 4.39 Å². The molecule has 0 heterocycles. The third-order valence-corrected chi connectivity index (χ3v) is 5.74. The quantitative estimate of drug-likeness (QED) is 0.120. The Morgan fingerprint density at radius 2 is 0.519 bits per heavy atom. The SMILES string of the molecule is CCCCCCCCCCCCCCCCCCCCCCCCCF.[NaH]. The molecule has 0 rings (SSSR count). The molecule has 0 saturated carbocycles. The minimum atomic E-state index is -0.126. The predicted molar refractivity (Wildman–Crippen MR) is 125 cm³/mol. The van der Waals surface area contributed by atoms with Gasteiger partial charge < -0.3 is 0 Å². The van der Waals surface area contributed by atoms with Gasteiger partial charge in [0.05, 0.1) is 6.67 Å². The summed E-state index contributed by atoms with van der Waals surface area (Å²) in [7, 11) is 0. The number of hydrogen-bond donors (Lipinski definition) is 0. The summed E-state index contributed by atoms with van der Waals surface area (Å²) in [6, 6.07) is 0. The molecule has 0 N–H and O–H groups in total. The Morgan fingerprint density at radius 3 is 0.704 bits per heavy atom. The van der Waals surface area contributed by atoms with E-state index in [2.05, 4.69) is 6.92 Å². The van der Waals surface area contributed by atoms with Crippen LogP contribution in [-0.2, 0) is 0 Å². The van der Waals surface area contributed by atoms with Crippen molar-refractivity contribution in [2.75, 3.05) is 6.67 Å². The van der Waals surface area contributed by atoms with E-state index in [1.54, 1.807) is 0 Å². The van der Waals surface area contributed by atoms with Crippen molar-refractivity contribution in [3.8, 4) is 0 Å². The first-order valence-corrected chi connectivity index (χ1v) is 12.5. The zero-order valence-electron chi connectivity index (χ0n) is 18.3. The topological polar surface area (TPSA) is 0 Å². The number of alkyl halides is 1. The second kappa shape index (κ2) is 29.1. The molecular weight excluding hydrogens is 342 g/mol. The van der Waals surface area contributed by atoms with Crippen molar-refractivity contribution >= 4 is 29.6 Å². The van der Waals surface area contributed by atoms with Crippen LogP contribution in [0.25, 0.3) is 0 Å². The van der Waals surface area contributed by atoms with Crippen molar-refractivity contribution in [3.63, 3.8) is 0 Å². The summed E-state index contributed by atoms with van der Waals surface area (Å²) < 4.78 is 11.9. The van der Waals surface area contributed by atoms with Gasteiger partial charge in [-0.1, -0.05) is 148 Å². The average molecular weight is 395 g/mol. The van der Waals surface area contributed by atoms with Crippen LogP contribution in [0.3, 0.4) is 0 Å². The Labute approximate surface area is 194 Å². The summed E-state index contributed by atoms with van der Waals surface area (Å²) in [5.74, 6) is 0. The van der Waals surface area contributed by atoms with Crippen molar-refractivity contribution in [1.29, 1.82) is 0 Å². The first-order chi connectivity index (χ1) is 12.9. The van der Waals surface area contributed by atoms with Gasteiger partial charge in [-0.15, -0.1) is 0 Å². The predicted octanol–water partition coefficient (Wildman–Crippen LogP) is 9.30. The second-order valence-corrected chi connectivity index (χ2v) is 8.47. The summed E-state index contributed by atoms with van der Waals surface area (Å²) in [5, 5.41) is 0. The van der Waals surface area contributed by atoms with Crippen molar-refractivity contribution in [3.05, 3.63) is 0 Å². The van der Waals surface area contributed by atoms with Crippen LogP contribution in [0.4, 0.5) is 4.39 Å². The van der Waals surface area contributed by atoms with Crippen LogP contribution in [0, 0.1) is 0 Å². The van der Waals surface area contributed by atoms with Crippen LogP contribution in [0.15, 0.2) is 0 Å². The van der Waals surface area contributed by atoms with E-state index < -0.39 is 0 Å². The molecule has 27 heavy (non-hydrogen) atoms. The Balaban J connectivity index is 0. The molecular formula is C25H52FNa. The van der Waals surface area contributed by atoms with Gasteiger partial charge in [0, 0.05) is 0 Å². The monoisotopic (exact) mass is 394 g/mol. The Morgan fingerprint density at radius 1 is 0.333 bits per heavy atom. The third-order valence-electron chi connectivity index (χ3n) is 5.74. The zero-order valence-corrected chi connectivity index (χ0v) is 18.3. The molecule has 2 heteroatoms.